The molecule has 0 aromatic carbocycles. The van der Waals surface area contributed by atoms with E-state index in [4.69, 9.17) is 0 Å². The first kappa shape index (κ1) is 16.8. The molecule has 0 unspecified atom stereocenters. The smallest absolute Gasteiger partial charge is 0.0348 e. The molecule has 0 aliphatic heterocycles. The topological polar surface area (TPSA) is 0 Å². The largest absolute Gasteiger partial charge is 0.0917 e. The zero-order valence-corrected chi connectivity index (χ0v) is 12.5. The Hall–Kier alpha value is -0.260. The second-order valence-corrected chi connectivity index (χ2v) is 6.95. The summed E-state index contributed by atoms with van der Waals surface area (Å²) < 4.78 is 0. The van der Waals surface area contributed by atoms with Gasteiger partial charge in [0.05, 0.1) is 0 Å². The first-order valence-corrected chi connectivity index (χ1v) is 8.40. The summed E-state index contributed by atoms with van der Waals surface area (Å²) in [5.41, 5.74) is 0. The summed E-state index contributed by atoms with van der Waals surface area (Å²) >= 11 is 0. The van der Waals surface area contributed by atoms with Crippen LogP contribution in [0.25, 0.3) is 0 Å². The Balaban J connectivity index is 0.00000180. The van der Waals surface area contributed by atoms with Crippen molar-refractivity contribution in [2.75, 3.05) is 0 Å². The van der Waals surface area contributed by atoms with Gasteiger partial charge in [0, 0.05) is 0 Å². The molecule has 0 heteroatoms. The lowest BCUT2D eigenvalue weighted by Crippen LogP contribution is -2.25. The van der Waals surface area contributed by atoms with E-state index in [1.807, 2.05) is 0 Å². The summed E-state index contributed by atoms with van der Waals surface area (Å²) in [6.45, 7) is 4.58. The molecule has 0 aromatic rings. The van der Waals surface area contributed by atoms with Crippen LogP contribution in [-0.2, 0) is 0 Å². The van der Waals surface area contributed by atoms with Crippen molar-refractivity contribution in [1.29, 1.82) is 0 Å². The molecule has 0 bridgehead atoms. The van der Waals surface area contributed by atoms with Crippen LogP contribution in [0.15, 0.2) is 12.2 Å². The Kier molecular flexibility index (Phi) is 7.80. The summed E-state index contributed by atoms with van der Waals surface area (Å²) in [6.07, 6.45) is 19.5. The van der Waals surface area contributed by atoms with Crippen LogP contribution in [-0.4, -0.2) is 0 Å². The maximum atomic E-state index is 2.44. The van der Waals surface area contributed by atoms with Crippen LogP contribution in [0.2, 0.25) is 0 Å². The predicted molar refractivity (Wildman–Crippen MR) is 87.3 cm³/mol. The van der Waals surface area contributed by atoms with E-state index in [0.717, 1.165) is 23.7 Å². The summed E-state index contributed by atoms with van der Waals surface area (Å²) in [5, 5.41) is 0. The van der Waals surface area contributed by atoms with Crippen molar-refractivity contribution in [2.45, 2.75) is 85.5 Å². The van der Waals surface area contributed by atoms with Crippen molar-refractivity contribution in [1.82, 2.24) is 0 Å². The zero-order valence-electron chi connectivity index (χ0n) is 12.5. The second-order valence-electron chi connectivity index (χ2n) is 6.95. The van der Waals surface area contributed by atoms with Crippen LogP contribution in [0, 0.1) is 23.7 Å². The standard InChI is InChI=1S/C18H32.CH4/c1-3-4-5-6-16-9-13-18(14-10-16)17-11-7-15(2)8-12-17;/h3-4,15-18H,5-14H2,1-2H3;1H4/b4-3+;. The van der Waals surface area contributed by atoms with Crippen LogP contribution in [0.4, 0.5) is 0 Å². The van der Waals surface area contributed by atoms with Crippen LogP contribution in [0.1, 0.15) is 85.5 Å². The van der Waals surface area contributed by atoms with Crippen molar-refractivity contribution in [3.8, 4) is 0 Å². The van der Waals surface area contributed by atoms with Gasteiger partial charge in [0.15, 0.2) is 0 Å². The predicted octanol–water partition coefficient (Wildman–Crippen LogP) is 6.61. The molecule has 2 saturated carbocycles. The van der Waals surface area contributed by atoms with Gasteiger partial charge in [0.1, 0.15) is 0 Å². The third-order valence-electron chi connectivity index (χ3n) is 5.60. The Bertz CT molecular complexity index is 237. The highest BCUT2D eigenvalue weighted by molar-refractivity contribution is 4.83. The lowest BCUT2D eigenvalue weighted by molar-refractivity contribution is 0.148. The van der Waals surface area contributed by atoms with Crippen LogP contribution >= 0.6 is 0 Å². The SMILES string of the molecule is C.C/C=C/CCC1CCC(C2CCC(C)CC2)CC1. The van der Waals surface area contributed by atoms with Gasteiger partial charge in [0.2, 0.25) is 0 Å². The van der Waals surface area contributed by atoms with E-state index in [1.165, 1.54) is 51.4 Å². The molecule has 0 saturated heterocycles. The molecular formula is C19H36. The number of rotatable bonds is 4. The highest BCUT2D eigenvalue weighted by Gasteiger charge is 2.29. The van der Waals surface area contributed by atoms with E-state index in [-0.39, 0.29) is 7.43 Å². The van der Waals surface area contributed by atoms with Crippen molar-refractivity contribution in [2.24, 2.45) is 23.7 Å². The van der Waals surface area contributed by atoms with Gasteiger partial charge < -0.3 is 0 Å². The molecule has 2 fully saturated rings. The molecule has 2 aliphatic rings. The highest BCUT2D eigenvalue weighted by atomic mass is 14.3. The first-order valence-electron chi connectivity index (χ1n) is 8.40. The molecule has 112 valence electrons. The van der Waals surface area contributed by atoms with E-state index in [9.17, 15) is 0 Å². The molecule has 0 N–H and O–H groups in total. The van der Waals surface area contributed by atoms with Gasteiger partial charge in [-0.3, -0.25) is 0 Å². The minimum atomic E-state index is 0. The number of hydrogen-bond donors (Lipinski definition) is 0. The van der Waals surface area contributed by atoms with Gasteiger partial charge in [0.25, 0.3) is 0 Å². The molecule has 0 atom stereocenters. The lowest BCUT2D eigenvalue weighted by Gasteiger charge is -2.37. The quantitative estimate of drug-likeness (QED) is 0.501. The van der Waals surface area contributed by atoms with Crippen LogP contribution < -0.4 is 0 Å². The third kappa shape index (κ3) is 5.32. The third-order valence-corrected chi connectivity index (χ3v) is 5.60. The fraction of sp³-hybridized carbons (Fsp3) is 0.895. The molecule has 0 spiro atoms. The monoisotopic (exact) mass is 264 g/mol. The van der Waals surface area contributed by atoms with E-state index in [0.29, 0.717) is 0 Å². The molecular weight excluding hydrogens is 228 g/mol. The van der Waals surface area contributed by atoms with E-state index in [1.54, 1.807) is 12.8 Å². The van der Waals surface area contributed by atoms with Gasteiger partial charge in [-0.05, 0) is 69.1 Å². The van der Waals surface area contributed by atoms with Gasteiger partial charge >= 0.3 is 0 Å². The van der Waals surface area contributed by atoms with Gasteiger partial charge in [-0.15, -0.1) is 0 Å². The molecule has 0 heterocycles. The molecule has 2 rings (SSSR count). The van der Waals surface area contributed by atoms with Crippen molar-refractivity contribution in [3.63, 3.8) is 0 Å². The van der Waals surface area contributed by atoms with Crippen molar-refractivity contribution in [3.05, 3.63) is 12.2 Å². The van der Waals surface area contributed by atoms with E-state index in [2.05, 4.69) is 26.0 Å². The van der Waals surface area contributed by atoms with Crippen LogP contribution in [0.5, 0.6) is 0 Å². The lowest BCUT2D eigenvalue weighted by atomic mass is 9.69. The molecule has 0 aromatic heterocycles. The maximum absolute atomic E-state index is 2.44. The molecule has 0 nitrogen and oxygen atoms in total. The molecule has 0 amide bonds. The summed E-state index contributed by atoms with van der Waals surface area (Å²) in [6, 6.07) is 0. The highest BCUT2D eigenvalue weighted by Crippen LogP contribution is 2.42. The van der Waals surface area contributed by atoms with Gasteiger partial charge in [-0.25, -0.2) is 0 Å². The summed E-state index contributed by atoms with van der Waals surface area (Å²) in [4.78, 5) is 0. The van der Waals surface area contributed by atoms with Gasteiger partial charge in [-0.1, -0.05) is 52.2 Å². The Morgan fingerprint density at radius 3 is 1.89 bits per heavy atom. The summed E-state index contributed by atoms with van der Waals surface area (Å²) in [7, 11) is 0. The van der Waals surface area contributed by atoms with Crippen LogP contribution in [0.3, 0.4) is 0 Å². The van der Waals surface area contributed by atoms with Gasteiger partial charge in [-0.2, -0.15) is 0 Å². The zero-order chi connectivity index (χ0) is 12.8. The van der Waals surface area contributed by atoms with Crippen molar-refractivity contribution >= 4 is 0 Å². The Labute approximate surface area is 122 Å². The van der Waals surface area contributed by atoms with E-state index >= 15 is 0 Å². The average Bonchev–Trinajstić information content (AvgIpc) is 2.41. The normalized spacial score (nSPS) is 36.1. The maximum Gasteiger partial charge on any atom is -0.0348 e. The molecule has 2 aliphatic carbocycles. The minimum absolute atomic E-state index is 0. The van der Waals surface area contributed by atoms with Crippen molar-refractivity contribution < 1.29 is 0 Å². The Morgan fingerprint density at radius 1 is 0.842 bits per heavy atom. The minimum Gasteiger partial charge on any atom is -0.0917 e. The number of allylic oxidation sites excluding steroid dienone is 2. The van der Waals surface area contributed by atoms with E-state index < -0.39 is 0 Å². The summed E-state index contributed by atoms with van der Waals surface area (Å²) in [5.74, 6) is 4.24. The molecule has 19 heavy (non-hydrogen) atoms. The fourth-order valence-electron chi connectivity index (χ4n) is 4.20. The number of hydrogen-bond acceptors (Lipinski definition) is 0. The fourth-order valence-corrected chi connectivity index (χ4v) is 4.20. The average molecular weight is 264 g/mol. The molecule has 0 radical (unpaired) electrons. The second kappa shape index (κ2) is 8.82. The first-order chi connectivity index (χ1) is 8.79. The Morgan fingerprint density at radius 2 is 1.37 bits per heavy atom.